The molecule has 3 aromatic rings. The molecule has 0 saturated heterocycles. The van der Waals surface area contributed by atoms with E-state index >= 15 is 0 Å². The van der Waals surface area contributed by atoms with E-state index in [4.69, 9.17) is 5.73 Å². The van der Waals surface area contributed by atoms with E-state index in [1.165, 1.54) is 17.0 Å². The van der Waals surface area contributed by atoms with Crippen LogP contribution in [0.2, 0.25) is 0 Å². The molecule has 1 heterocycles. The molecule has 33 heavy (non-hydrogen) atoms. The summed E-state index contributed by atoms with van der Waals surface area (Å²) in [7, 11) is 0. The Morgan fingerprint density at radius 3 is 2.39 bits per heavy atom. The van der Waals surface area contributed by atoms with Crippen molar-refractivity contribution in [3.05, 3.63) is 75.8 Å². The van der Waals surface area contributed by atoms with Crippen molar-refractivity contribution in [2.45, 2.75) is 44.8 Å². The summed E-state index contributed by atoms with van der Waals surface area (Å²) in [5.41, 5.74) is 5.05. The lowest BCUT2D eigenvalue weighted by molar-refractivity contribution is -0.137. The molecule has 176 valence electrons. The third-order valence-electron chi connectivity index (χ3n) is 5.57. The number of amides is 1. The van der Waals surface area contributed by atoms with Gasteiger partial charge in [-0.05, 0) is 62.7 Å². The number of rotatable bonds is 9. The second-order valence-corrected chi connectivity index (χ2v) is 7.92. The van der Waals surface area contributed by atoms with E-state index in [0.717, 1.165) is 31.4 Å². The van der Waals surface area contributed by atoms with Gasteiger partial charge in [-0.15, -0.1) is 0 Å². The molecule has 0 spiro atoms. The average molecular weight is 461 g/mol. The van der Waals surface area contributed by atoms with Crippen molar-refractivity contribution in [1.82, 2.24) is 14.9 Å². The maximum absolute atomic E-state index is 13.3. The molecule has 3 N–H and O–H groups in total. The van der Waals surface area contributed by atoms with Gasteiger partial charge in [0.05, 0.1) is 22.5 Å². The zero-order valence-electron chi connectivity index (χ0n) is 18.4. The zero-order valence-corrected chi connectivity index (χ0v) is 18.4. The lowest BCUT2D eigenvalue weighted by Gasteiger charge is -2.29. The van der Waals surface area contributed by atoms with E-state index in [2.05, 4.69) is 9.97 Å². The first-order valence-corrected chi connectivity index (χ1v) is 10.9. The lowest BCUT2D eigenvalue weighted by atomic mass is 10.1. The fourth-order valence-electron chi connectivity index (χ4n) is 3.67. The summed E-state index contributed by atoms with van der Waals surface area (Å²) in [6.45, 7) is 2.70. The van der Waals surface area contributed by atoms with E-state index in [0.29, 0.717) is 36.2 Å². The molecule has 1 amide bonds. The Morgan fingerprint density at radius 2 is 1.73 bits per heavy atom. The van der Waals surface area contributed by atoms with Gasteiger partial charge in [0.2, 0.25) is 0 Å². The van der Waals surface area contributed by atoms with Gasteiger partial charge in [-0.25, -0.2) is 4.98 Å². The van der Waals surface area contributed by atoms with Gasteiger partial charge in [-0.3, -0.25) is 9.59 Å². The smallest absolute Gasteiger partial charge is 0.330 e. The van der Waals surface area contributed by atoms with Crippen molar-refractivity contribution in [2.75, 3.05) is 13.1 Å². The number of H-pyrrole nitrogens is 1. The Hall–Kier alpha value is -3.20. The number of hydrogen-bond acceptors (Lipinski definition) is 4. The number of fused-ring (bicyclic) bond motifs is 1. The number of hydrogen-bond donors (Lipinski definition) is 2. The molecule has 6 nitrogen and oxygen atoms in total. The summed E-state index contributed by atoms with van der Waals surface area (Å²) < 4.78 is 38.7. The number of nitrogens with one attached hydrogen (secondary N) is 1. The summed E-state index contributed by atoms with van der Waals surface area (Å²) in [5.74, 6) is -0.105. The minimum absolute atomic E-state index is 0.139. The van der Waals surface area contributed by atoms with Crippen LogP contribution in [-0.2, 0) is 6.18 Å². The molecule has 0 bridgehead atoms. The van der Waals surface area contributed by atoms with Crippen LogP contribution in [0.3, 0.4) is 0 Å². The number of para-hydroxylation sites is 1. The predicted molar refractivity (Wildman–Crippen MR) is 121 cm³/mol. The fourth-order valence-corrected chi connectivity index (χ4v) is 3.67. The van der Waals surface area contributed by atoms with Crippen molar-refractivity contribution in [3.8, 4) is 0 Å². The molecule has 0 aliphatic carbocycles. The SMILES string of the molecule is CC(c1nc2ccccc2c(=O)[nH]1)N(CCCCCCN)C(=O)c1ccc(C(F)(F)F)cc1. The highest BCUT2D eigenvalue weighted by molar-refractivity contribution is 5.94. The first kappa shape index (κ1) is 24.4. The van der Waals surface area contributed by atoms with Crippen LogP contribution in [0.15, 0.2) is 53.3 Å². The molecule has 0 aliphatic heterocycles. The Kier molecular flexibility index (Phi) is 7.86. The summed E-state index contributed by atoms with van der Waals surface area (Å²) in [6, 6.07) is 10.4. The summed E-state index contributed by atoms with van der Waals surface area (Å²) in [5, 5.41) is 0.441. The largest absolute Gasteiger partial charge is 0.416 e. The van der Waals surface area contributed by atoms with Gasteiger partial charge in [0.25, 0.3) is 11.5 Å². The number of alkyl halides is 3. The van der Waals surface area contributed by atoms with E-state index < -0.39 is 23.7 Å². The van der Waals surface area contributed by atoms with Crippen molar-refractivity contribution < 1.29 is 18.0 Å². The van der Waals surface area contributed by atoms with Crippen LogP contribution >= 0.6 is 0 Å². The van der Waals surface area contributed by atoms with Gasteiger partial charge in [-0.1, -0.05) is 25.0 Å². The summed E-state index contributed by atoms with van der Waals surface area (Å²) in [4.78, 5) is 34.6. The number of nitrogens with zero attached hydrogens (tertiary/aromatic N) is 2. The molecule has 1 unspecified atom stereocenters. The third-order valence-corrected chi connectivity index (χ3v) is 5.57. The second kappa shape index (κ2) is 10.6. The predicted octanol–water partition coefficient (Wildman–Crippen LogP) is 4.66. The average Bonchev–Trinajstić information content (AvgIpc) is 2.80. The van der Waals surface area contributed by atoms with Crippen molar-refractivity contribution in [1.29, 1.82) is 0 Å². The number of unbranched alkanes of at least 4 members (excludes halogenated alkanes) is 3. The van der Waals surface area contributed by atoms with E-state index in [1.54, 1.807) is 31.2 Å². The number of nitrogens with two attached hydrogens (primary N) is 1. The molecule has 3 rings (SSSR count). The summed E-state index contributed by atoms with van der Waals surface area (Å²) >= 11 is 0. The van der Waals surface area contributed by atoms with Crippen LogP contribution in [0, 0.1) is 0 Å². The summed E-state index contributed by atoms with van der Waals surface area (Å²) in [6.07, 6.45) is -1.15. The number of carbonyl (C=O) groups excluding carboxylic acids is 1. The van der Waals surface area contributed by atoms with Crippen LogP contribution in [-0.4, -0.2) is 33.9 Å². The van der Waals surface area contributed by atoms with E-state index in [1.807, 2.05) is 0 Å². The highest BCUT2D eigenvalue weighted by Gasteiger charge is 2.31. The minimum Gasteiger partial charge on any atom is -0.330 e. The van der Waals surface area contributed by atoms with E-state index in [-0.39, 0.29) is 11.1 Å². The Bertz CT molecular complexity index is 1140. The molecular formula is C24H27F3N4O2. The lowest BCUT2D eigenvalue weighted by Crippen LogP contribution is -2.36. The molecule has 2 aromatic carbocycles. The van der Waals surface area contributed by atoms with Gasteiger partial charge < -0.3 is 15.6 Å². The molecule has 0 aliphatic rings. The van der Waals surface area contributed by atoms with Gasteiger partial charge in [0.1, 0.15) is 5.82 Å². The molecule has 9 heteroatoms. The topological polar surface area (TPSA) is 92.1 Å². The maximum atomic E-state index is 13.3. The van der Waals surface area contributed by atoms with Crippen LogP contribution in [0.25, 0.3) is 10.9 Å². The second-order valence-electron chi connectivity index (χ2n) is 7.92. The zero-order chi connectivity index (χ0) is 24.0. The Labute approximate surface area is 189 Å². The minimum atomic E-state index is -4.48. The molecule has 1 atom stereocenters. The van der Waals surface area contributed by atoms with Gasteiger partial charge >= 0.3 is 6.18 Å². The number of aromatic nitrogens is 2. The Balaban J connectivity index is 1.90. The number of halogens is 3. The van der Waals surface area contributed by atoms with Gasteiger partial charge in [0, 0.05) is 12.1 Å². The maximum Gasteiger partial charge on any atom is 0.416 e. The van der Waals surface area contributed by atoms with E-state index in [9.17, 15) is 22.8 Å². The standard InChI is InChI=1S/C24H27F3N4O2/c1-16(21-29-20-9-5-4-8-19(20)22(32)30-21)31(15-7-3-2-6-14-28)23(33)17-10-12-18(13-11-17)24(25,26)27/h4-5,8-13,16H,2-3,6-7,14-15,28H2,1H3,(H,29,30,32). The fraction of sp³-hybridized carbons (Fsp3) is 0.375. The van der Waals surface area contributed by atoms with Crippen LogP contribution < -0.4 is 11.3 Å². The first-order valence-electron chi connectivity index (χ1n) is 10.9. The third kappa shape index (κ3) is 5.98. The van der Waals surface area contributed by atoms with Gasteiger partial charge in [-0.2, -0.15) is 13.2 Å². The molecule has 0 radical (unpaired) electrons. The number of benzene rings is 2. The normalized spacial score (nSPS) is 12.6. The van der Waals surface area contributed by atoms with Crippen molar-refractivity contribution >= 4 is 16.8 Å². The molecular weight excluding hydrogens is 433 g/mol. The molecule has 0 saturated carbocycles. The van der Waals surface area contributed by atoms with Crippen LogP contribution in [0.4, 0.5) is 13.2 Å². The number of aromatic amines is 1. The molecule has 1 aromatic heterocycles. The first-order chi connectivity index (χ1) is 15.7. The highest BCUT2D eigenvalue weighted by Crippen LogP contribution is 2.30. The molecule has 0 fully saturated rings. The van der Waals surface area contributed by atoms with Crippen molar-refractivity contribution in [3.63, 3.8) is 0 Å². The van der Waals surface area contributed by atoms with Gasteiger partial charge in [0.15, 0.2) is 0 Å². The van der Waals surface area contributed by atoms with Crippen molar-refractivity contribution in [2.24, 2.45) is 5.73 Å². The van der Waals surface area contributed by atoms with Crippen LogP contribution in [0.5, 0.6) is 0 Å². The monoisotopic (exact) mass is 460 g/mol. The quantitative estimate of drug-likeness (QED) is 0.454. The Morgan fingerprint density at radius 1 is 1.06 bits per heavy atom. The number of carbonyl (C=O) groups is 1. The highest BCUT2D eigenvalue weighted by atomic mass is 19.4. The van der Waals surface area contributed by atoms with Crippen LogP contribution in [0.1, 0.15) is 60.4 Å².